The van der Waals surface area contributed by atoms with Gasteiger partial charge in [0, 0.05) is 25.0 Å². The van der Waals surface area contributed by atoms with Gasteiger partial charge in [0.2, 0.25) is 0 Å². The van der Waals surface area contributed by atoms with E-state index in [1.165, 1.54) is 0 Å². The summed E-state index contributed by atoms with van der Waals surface area (Å²) in [6, 6.07) is 1.86. The van der Waals surface area contributed by atoms with Crippen molar-refractivity contribution in [1.29, 1.82) is 0 Å². The van der Waals surface area contributed by atoms with E-state index in [0.717, 1.165) is 44.0 Å². The molecule has 0 bridgehead atoms. The average molecular weight is 517 g/mol. The molecule has 0 spiro atoms. The van der Waals surface area contributed by atoms with Crippen molar-refractivity contribution in [3.63, 3.8) is 0 Å². The highest BCUT2D eigenvalue weighted by Gasteiger charge is 2.54. The van der Waals surface area contributed by atoms with E-state index in [1.54, 1.807) is 23.8 Å². The van der Waals surface area contributed by atoms with Crippen LogP contribution in [0.4, 0.5) is 5.82 Å². The number of ether oxygens (including phenoxy) is 2. The topological polar surface area (TPSA) is 106 Å². The van der Waals surface area contributed by atoms with Crippen LogP contribution in [0.2, 0.25) is 0 Å². The Morgan fingerprint density at radius 3 is 2.66 bits per heavy atom. The molecular formula is C25H32N4O4S2. The van der Waals surface area contributed by atoms with E-state index < -0.39 is 16.6 Å². The number of nitrogens with one attached hydrogen (secondary N) is 1. The summed E-state index contributed by atoms with van der Waals surface area (Å²) in [6.45, 7) is 9.90. The molecule has 1 saturated heterocycles. The van der Waals surface area contributed by atoms with E-state index in [4.69, 9.17) is 19.4 Å². The molecule has 1 aliphatic carbocycles. The van der Waals surface area contributed by atoms with Crippen LogP contribution >= 0.6 is 11.3 Å². The van der Waals surface area contributed by atoms with Crippen LogP contribution < -0.4 is 5.32 Å². The van der Waals surface area contributed by atoms with Gasteiger partial charge in [0.1, 0.15) is 27.5 Å². The normalized spacial score (nSPS) is 26.3. The number of hydrogen-bond donors (Lipinski definition) is 2. The summed E-state index contributed by atoms with van der Waals surface area (Å²) in [4.78, 5) is 14.3. The number of aromatic nitrogens is 3. The molecule has 1 aliphatic heterocycles. The number of rotatable bonds is 6. The van der Waals surface area contributed by atoms with Crippen LogP contribution in [0.25, 0.3) is 20.8 Å². The van der Waals surface area contributed by atoms with Crippen LogP contribution in [0, 0.1) is 19.8 Å². The Labute approximate surface area is 212 Å². The number of nitrogens with zero attached hydrogens (tertiary/aromatic N) is 3. The molecule has 5 atom stereocenters. The second kappa shape index (κ2) is 9.15. The number of aryl methyl sites for hydroxylation is 1. The molecule has 5 rings (SSSR count). The summed E-state index contributed by atoms with van der Waals surface area (Å²) in [5, 5.41) is 15.1. The first kappa shape index (κ1) is 24.7. The van der Waals surface area contributed by atoms with Gasteiger partial charge in [-0.3, -0.25) is 9.19 Å². The molecule has 0 radical (unpaired) electrons. The molecule has 2 aliphatic rings. The molecule has 10 heteroatoms. The molecular weight excluding hydrogens is 484 g/mol. The summed E-state index contributed by atoms with van der Waals surface area (Å²) in [6.07, 6.45) is 4.46. The van der Waals surface area contributed by atoms with Crippen molar-refractivity contribution in [3.8, 4) is 10.6 Å². The monoisotopic (exact) mass is 516 g/mol. The first-order chi connectivity index (χ1) is 16.6. The summed E-state index contributed by atoms with van der Waals surface area (Å²) in [5.74, 6) is -0.102. The molecule has 5 unspecified atom stereocenters. The number of aliphatic hydroxyl groups excluding tert-OH is 1. The molecule has 4 heterocycles. The van der Waals surface area contributed by atoms with Gasteiger partial charge in [-0.05, 0) is 57.7 Å². The van der Waals surface area contributed by atoms with Gasteiger partial charge >= 0.3 is 0 Å². The van der Waals surface area contributed by atoms with E-state index in [1.807, 2.05) is 26.8 Å². The van der Waals surface area contributed by atoms with Gasteiger partial charge in [0.15, 0.2) is 5.79 Å². The lowest BCUT2D eigenvalue weighted by Crippen LogP contribution is -2.35. The van der Waals surface area contributed by atoms with E-state index >= 15 is 0 Å². The Bertz CT molecular complexity index is 1310. The molecule has 0 aromatic carbocycles. The molecule has 3 aromatic heterocycles. The molecule has 2 N–H and O–H groups in total. The van der Waals surface area contributed by atoms with Crippen LogP contribution in [0.15, 0.2) is 17.3 Å². The lowest BCUT2D eigenvalue weighted by molar-refractivity contribution is -0.158. The SMILES string of the molecule is CCc1c(S(C)=O)nc(NC2CC(CO)C3OC(C)(C)OC23)c(-c2nc3c(C)nccc3s2)c1C. The molecule has 3 aromatic rings. The number of fused-ring (bicyclic) bond motifs is 2. The maximum Gasteiger partial charge on any atom is 0.163 e. The minimum atomic E-state index is -1.25. The van der Waals surface area contributed by atoms with Crippen molar-refractivity contribution in [3.05, 3.63) is 29.1 Å². The van der Waals surface area contributed by atoms with E-state index in [9.17, 15) is 9.32 Å². The number of aliphatic hydroxyl groups is 1. The summed E-state index contributed by atoms with van der Waals surface area (Å²) in [5.41, 5.74) is 4.69. The molecule has 0 amide bonds. The number of anilines is 1. The van der Waals surface area contributed by atoms with Gasteiger partial charge in [-0.1, -0.05) is 6.92 Å². The number of thiazole rings is 1. The predicted octanol–water partition coefficient (Wildman–Crippen LogP) is 3.98. The smallest absolute Gasteiger partial charge is 0.163 e. The highest BCUT2D eigenvalue weighted by atomic mass is 32.2. The zero-order valence-electron chi connectivity index (χ0n) is 20.9. The van der Waals surface area contributed by atoms with E-state index in [0.29, 0.717) is 17.3 Å². The van der Waals surface area contributed by atoms with Gasteiger partial charge in [0.05, 0.1) is 38.9 Å². The van der Waals surface area contributed by atoms with Crippen molar-refractivity contribution in [2.75, 3.05) is 18.2 Å². The third-order valence-electron chi connectivity index (χ3n) is 7.00. The van der Waals surface area contributed by atoms with Crippen molar-refractivity contribution in [2.45, 2.75) is 76.5 Å². The van der Waals surface area contributed by atoms with Crippen LogP contribution in [-0.2, 0) is 26.7 Å². The first-order valence-corrected chi connectivity index (χ1v) is 14.3. The Hall–Kier alpha value is -1.98. The zero-order valence-corrected chi connectivity index (χ0v) is 22.5. The number of hydrogen-bond acceptors (Lipinski definition) is 9. The van der Waals surface area contributed by atoms with Crippen molar-refractivity contribution < 1.29 is 18.8 Å². The van der Waals surface area contributed by atoms with Gasteiger partial charge in [-0.25, -0.2) is 9.97 Å². The van der Waals surface area contributed by atoms with Gasteiger partial charge in [-0.15, -0.1) is 11.3 Å². The second-order valence-electron chi connectivity index (χ2n) is 9.81. The Morgan fingerprint density at radius 2 is 2.00 bits per heavy atom. The summed E-state index contributed by atoms with van der Waals surface area (Å²) in [7, 11) is -1.25. The fourth-order valence-corrected chi connectivity index (χ4v) is 7.39. The lowest BCUT2D eigenvalue weighted by atomic mass is 10.0. The lowest BCUT2D eigenvalue weighted by Gasteiger charge is -2.25. The molecule has 2 fully saturated rings. The molecule has 8 nitrogen and oxygen atoms in total. The third kappa shape index (κ3) is 4.29. The van der Waals surface area contributed by atoms with E-state index in [-0.39, 0.29) is 30.8 Å². The van der Waals surface area contributed by atoms with Gasteiger partial charge < -0.3 is 19.9 Å². The Balaban J connectivity index is 1.64. The quantitative estimate of drug-likeness (QED) is 0.507. The minimum absolute atomic E-state index is 0.0290. The van der Waals surface area contributed by atoms with Gasteiger partial charge in [-0.2, -0.15) is 0 Å². The van der Waals surface area contributed by atoms with Crippen LogP contribution in [0.3, 0.4) is 0 Å². The number of pyridine rings is 2. The zero-order chi connectivity index (χ0) is 25.1. The fraction of sp³-hybridized carbons (Fsp3) is 0.560. The highest BCUT2D eigenvalue weighted by Crippen LogP contribution is 2.44. The van der Waals surface area contributed by atoms with Crippen LogP contribution in [0.1, 0.15) is 44.0 Å². The summed E-state index contributed by atoms with van der Waals surface area (Å²) < 4.78 is 26.1. The highest BCUT2D eigenvalue weighted by molar-refractivity contribution is 7.84. The maximum atomic E-state index is 12.7. The first-order valence-electron chi connectivity index (χ1n) is 12.0. The minimum Gasteiger partial charge on any atom is -0.396 e. The fourth-order valence-electron chi connectivity index (χ4n) is 5.41. The standard InChI is InChI=1S/C25H32N4O4S2/c1-7-15-12(2)18(23-28-19-13(3)26-9-8-17(19)34-23)22(29-24(15)35(6)31)27-16-10-14(11-30)20-21(16)33-25(4,5)32-20/h8-9,14,16,20-21,30H,7,10-11H2,1-6H3,(H,27,29). The average Bonchev–Trinajstić information content (AvgIpc) is 3.45. The molecule has 35 heavy (non-hydrogen) atoms. The third-order valence-corrected chi connectivity index (χ3v) is 8.92. The summed E-state index contributed by atoms with van der Waals surface area (Å²) >= 11 is 1.61. The van der Waals surface area contributed by atoms with Crippen molar-refractivity contribution >= 4 is 38.2 Å². The Kier molecular flexibility index (Phi) is 6.46. The second-order valence-corrected chi connectivity index (χ2v) is 12.1. The largest absolute Gasteiger partial charge is 0.396 e. The Morgan fingerprint density at radius 1 is 1.26 bits per heavy atom. The van der Waals surface area contributed by atoms with E-state index in [2.05, 4.69) is 24.1 Å². The van der Waals surface area contributed by atoms with Crippen molar-refractivity contribution in [2.24, 2.45) is 5.92 Å². The molecule has 188 valence electrons. The van der Waals surface area contributed by atoms with Crippen LogP contribution in [0.5, 0.6) is 0 Å². The predicted molar refractivity (Wildman–Crippen MR) is 138 cm³/mol. The molecule has 1 saturated carbocycles. The van der Waals surface area contributed by atoms with Crippen molar-refractivity contribution in [1.82, 2.24) is 15.0 Å². The van der Waals surface area contributed by atoms with Gasteiger partial charge in [0.25, 0.3) is 0 Å². The van der Waals surface area contributed by atoms with Crippen LogP contribution in [-0.4, -0.2) is 61.2 Å². The maximum absolute atomic E-state index is 12.7.